The van der Waals surface area contributed by atoms with E-state index in [0.29, 0.717) is 26.1 Å². The van der Waals surface area contributed by atoms with Gasteiger partial charge in [0.15, 0.2) is 0 Å². The monoisotopic (exact) mass is 347 g/mol. The molecule has 0 amide bonds. The van der Waals surface area contributed by atoms with Crippen LogP contribution in [-0.4, -0.2) is 23.8 Å². The predicted octanol–water partition coefficient (Wildman–Crippen LogP) is 4.89. The molecule has 4 nitrogen and oxygen atoms in total. The maximum absolute atomic E-state index is 11.1. The molecule has 2 aromatic rings. The number of unbranched alkanes of at least 4 members (excludes halogenated alkanes) is 1. The Bertz CT molecular complexity index is 739. The summed E-state index contributed by atoms with van der Waals surface area (Å²) in [6, 6.07) is 10.1. The van der Waals surface area contributed by atoms with Crippen molar-refractivity contribution in [3.8, 4) is 5.75 Å². The normalized spacial score (nSPS) is 10.8. The van der Waals surface area contributed by atoms with E-state index in [4.69, 9.17) is 21.7 Å². The summed E-state index contributed by atoms with van der Waals surface area (Å²) in [7, 11) is 0. The molecule has 5 heteroatoms. The van der Waals surface area contributed by atoms with Gasteiger partial charge in [0, 0.05) is 30.8 Å². The number of nitrogens with zero attached hydrogens (tertiary/aromatic N) is 1. The van der Waals surface area contributed by atoms with E-state index >= 15 is 0 Å². The minimum atomic E-state index is -0.176. The van der Waals surface area contributed by atoms with Crippen LogP contribution in [0.5, 0.6) is 5.75 Å². The van der Waals surface area contributed by atoms with E-state index in [1.807, 2.05) is 18.2 Å². The minimum absolute atomic E-state index is 0.176. The summed E-state index contributed by atoms with van der Waals surface area (Å²) in [6.45, 7) is 5.76. The first-order valence-corrected chi connectivity index (χ1v) is 8.99. The first kappa shape index (κ1) is 18.5. The third-order valence-corrected chi connectivity index (χ3v) is 4.15. The maximum Gasteiger partial charge on any atom is 0.305 e. The van der Waals surface area contributed by atoms with Crippen LogP contribution in [0.25, 0.3) is 10.9 Å². The van der Waals surface area contributed by atoms with Crippen LogP contribution < -0.4 is 4.74 Å². The lowest BCUT2D eigenvalue weighted by molar-refractivity contribution is -0.143. The molecular weight excluding hydrogens is 322 g/mol. The highest BCUT2D eigenvalue weighted by Crippen LogP contribution is 2.27. The van der Waals surface area contributed by atoms with Gasteiger partial charge in [-0.25, -0.2) is 0 Å². The molecule has 2 rings (SSSR count). The van der Waals surface area contributed by atoms with E-state index in [-0.39, 0.29) is 5.97 Å². The molecule has 0 spiro atoms. The minimum Gasteiger partial charge on any atom is -0.493 e. The zero-order valence-electron chi connectivity index (χ0n) is 14.4. The molecule has 1 heterocycles. The van der Waals surface area contributed by atoms with Crippen molar-refractivity contribution < 1.29 is 14.3 Å². The highest BCUT2D eigenvalue weighted by atomic mass is 32.1. The van der Waals surface area contributed by atoms with Gasteiger partial charge in [0.05, 0.1) is 18.7 Å². The number of pyridine rings is 1. The van der Waals surface area contributed by atoms with Crippen molar-refractivity contribution in [1.82, 2.24) is 4.57 Å². The Morgan fingerprint density at radius 1 is 1.17 bits per heavy atom. The lowest BCUT2D eigenvalue weighted by Crippen LogP contribution is -2.09. The van der Waals surface area contributed by atoms with Crippen LogP contribution in [0.2, 0.25) is 0 Å². The number of carbonyl (C=O) groups excluding carboxylic acids is 1. The van der Waals surface area contributed by atoms with Crippen LogP contribution in [0.15, 0.2) is 30.3 Å². The molecule has 0 radical (unpaired) electrons. The van der Waals surface area contributed by atoms with Crippen LogP contribution in [0.1, 0.15) is 39.5 Å². The third kappa shape index (κ3) is 4.81. The molecule has 0 bridgehead atoms. The number of fused-ring (bicyclic) bond motifs is 1. The Morgan fingerprint density at radius 3 is 2.71 bits per heavy atom. The fourth-order valence-corrected chi connectivity index (χ4v) is 2.80. The van der Waals surface area contributed by atoms with Gasteiger partial charge >= 0.3 is 5.97 Å². The van der Waals surface area contributed by atoms with Gasteiger partial charge in [0.25, 0.3) is 0 Å². The summed E-state index contributed by atoms with van der Waals surface area (Å²) in [5.41, 5.74) is 1.10. The molecule has 130 valence electrons. The van der Waals surface area contributed by atoms with Crippen molar-refractivity contribution in [3.63, 3.8) is 0 Å². The molecular formula is C19H25NO3S. The van der Waals surface area contributed by atoms with Gasteiger partial charge in [-0.1, -0.05) is 44.6 Å². The van der Waals surface area contributed by atoms with E-state index in [1.165, 1.54) is 0 Å². The first-order chi connectivity index (χ1) is 11.7. The quantitative estimate of drug-likeness (QED) is 0.368. The number of carbonyl (C=O) groups is 1. The number of aromatic nitrogens is 1. The molecule has 0 aliphatic carbocycles. The second-order valence-corrected chi connectivity index (χ2v) is 6.06. The second kappa shape index (κ2) is 9.42. The zero-order chi connectivity index (χ0) is 17.4. The van der Waals surface area contributed by atoms with Crippen molar-refractivity contribution in [2.45, 2.75) is 46.1 Å². The van der Waals surface area contributed by atoms with Gasteiger partial charge in [0.1, 0.15) is 10.4 Å². The van der Waals surface area contributed by atoms with E-state index in [0.717, 1.165) is 40.7 Å². The van der Waals surface area contributed by atoms with Crippen LogP contribution in [-0.2, 0) is 16.1 Å². The number of rotatable bonds is 9. The summed E-state index contributed by atoms with van der Waals surface area (Å²) in [6.07, 6.45) is 3.30. The molecule has 1 aromatic heterocycles. The zero-order valence-corrected chi connectivity index (χ0v) is 15.2. The lowest BCUT2D eigenvalue weighted by atomic mass is 10.2. The number of para-hydroxylation sites is 1. The molecule has 24 heavy (non-hydrogen) atoms. The summed E-state index contributed by atoms with van der Waals surface area (Å²) < 4.78 is 13.9. The SMILES string of the molecule is CCCCn1c(=S)cc(OCCCOC(=O)CC)c2ccccc21. The molecule has 0 fully saturated rings. The van der Waals surface area contributed by atoms with Crippen LogP contribution >= 0.6 is 12.2 Å². The van der Waals surface area contributed by atoms with Gasteiger partial charge < -0.3 is 14.0 Å². The Balaban J connectivity index is 2.10. The maximum atomic E-state index is 11.1. The van der Waals surface area contributed by atoms with Crippen molar-refractivity contribution >= 4 is 29.1 Å². The average Bonchev–Trinajstić information content (AvgIpc) is 2.60. The number of ether oxygens (including phenoxy) is 2. The van der Waals surface area contributed by atoms with Gasteiger partial charge in [-0.2, -0.15) is 0 Å². The van der Waals surface area contributed by atoms with Gasteiger partial charge in [-0.3, -0.25) is 4.79 Å². The number of hydrogen-bond donors (Lipinski definition) is 0. The molecule has 0 saturated heterocycles. The van der Waals surface area contributed by atoms with E-state index in [9.17, 15) is 4.79 Å². The molecule has 0 aliphatic rings. The number of aryl methyl sites for hydroxylation is 1. The smallest absolute Gasteiger partial charge is 0.305 e. The summed E-state index contributed by atoms with van der Waals surface area (Å²) >= 11 is 5.55. The molecule has 1 aromatic carbocycles. The predicted molar refractivity (Wildman–Crippen MR) is 99.0 cm³/mol. The molecule has 0 atom stereocenters. The number of benzene rings is 1. The van der Waals surface area contributed by atoms with Gasteiger partial charge in [0.2, 0.25) is 0 Å². The van der Waals surface area contributed by atoms with Crippen LogP contribution in [0, 0.1) is 4.64 Å². The largest absolute Gasteiger partial charge is 0.493 e. The number of hydrogen-bond acceptors (Lipinski definition) is 4. The van der Waals surface area contributed by atoms with E-state index in [2.05, 4.69) is 23.6 Å². The van der Waals surface area contributed by atoms with Crippen molar-refractivity contribution in [2.24, 2.45) is 0 Å². The topological polar surface area (TPSA) is 40.5 Å². The highest BCUT2D eigenvalue weighted by Gasteiger charge is 2.08. The standard InChI is InChI=1S/C19H25NO3S/c1-3-5-11-20-16-10-7-6-9-15(16)17(14-18(20)24)22-12-8-13-23-19(21)4-2/h6-7,9-10,14H,3-5,8,11-13H2,1-2H3. The Hall–Kier alpha value is -1.88. The third-order valence-electron chi connectivity index (χ3n) is 3.81. The summed E-state index contributed by atoms with van der Waals surface area (Å²) in [5, 5.41) is 1.06. The first-order valence-electron chi connectivity index (χ1n) is 8.58. The second-order valence-electron chi connectivity index (χ2n) is 5.65. The molecule has 0 saturated carbocycles. The van der Waals surface area contributed by atoms with Crippen molar-refractivity contribution in [1.29, 1.82) is 0 Å². The highest BCUT2D eigenvalue weighted by molar-refractivity contribution is 7.71. The van der Waals surface area contributed by atoms with Crippen LogP contribution in [0.4, 0.5) is 0 Å². The van der Waals surface area contributed by atoms with E-state index < -0.39 is 0 Å². The molecule has 0 N–H and O–H groups in total. The summed E-state index contributed by atoms with van der Waals surface area (Å²) in [4.78, 5) is 11.1. The summed E-state index contributed by atoms with van der Waals surface area (Å²) in [5.74, 6) is 0.620. The van der Waals surface area contributed by atoms with Crippen LogP contribution in [0.3, 0.4) is 0 Å². The lowest BCUT2D eigenvalue weighted by Gasteiger charge is -2.15. The van der Waals surface area contributed by atoms with Crippen molar-refractivity contribution in [2.75, 3.05) is 13.2 Å². The molecule has 0 aliphatic heterocycles. The average molecular weight is 347 g/mol. The Kier molecular flexibility index (Phi) is 7.25. The van der Waals surface area contributed by atoms with Gasteiger partial charge in [-0.15, -0.1) is 0 Å². The van der Waals surface area contributed by atoms with E-state index in [1.54, 1.807) is 6.92 Å². The van der Waals surface area contributed by atoms with Gasteiger partial charge in [-0.05, 0) is 18.6 Å². The fraction of sp³-hybridized carbons (Fsp3) is 0.474. The Morgan fingerprint density at radius 2 is 1.96 bits per heavy atom. The van der Waals surface area contributed by atoms with Crippen molar-refractivity contribution in [3.05, 3.63) is 35.0 Å². The molecule has 0 unspecified atom stereocenters. The Labute approximate surface area is 148 Å². The number of esters is 1. The fourth-order valence-electron chi connectivity index (χ4n) is 2.50.